The average Bonchev–Trinajstić information content (AvgIpc) is 2.51. The maximum atomic E-state index is 12.0. The minimum atomic E-state index is -0.730. The SMILES string of the molecule is CC12CCC=C1CC(=O)CC(C(C)(C)O)CC2. The molecule has 0 heterocycles. The summed E-state index contributed by atoms with van der Waals surface area (Å²) < 4.78 is 0. The molecule has 2 heteroatoms. The van der Waals surface area contributed by atoms with Crippen molar-refractivity contribution in [3.8, 4) is 0 Å². The molecule has 0 aromatic heterocycles. The second-order valence-electron chi connectivity index (χ2n) is 6.64. The van der Waals surface area contributed by atoms with Crippen LogP contribution >= 0.6 is 0 Å². The van der Waals surface area contributed by atoms with Crippen LogP contribution in [0.5, 0.6) is 0 Å². The van der Waals surface area contributed by atoms with Gasteiger partial charge < -0.3 is 5.11 Å². The molecule has 0 aromatic carbocycles. The van der Waals surface area contributed by atoms with Crippen LogP contribution in [0.2, 0.25) is 0 Å². The molecule has 2 nitrogen and oxygen atoms in total. The van der Waals surface area contributed by atoms with Gasteiger partial charge in [-0.1, -0.05) is 18.6 Å². The Morgan fingerprint density at radius 2 is 2.12 bits per heavy atom. The number of carbonyl (C=O) groups excluding carboxylic acids is 1. The number of allylic oxidation sites excluding steroid dienone is 2. The number of hydrogen-bond acceptors (Lipinski definition) is 2. The van der Waals surface area contributed by atoms with Gasteiger partial charge in [0.05, 0.1) is 5.60 Å². The molecule has 2 unspecified atom stereocenters. The molecular formula is C15H24O2. The van der Waals surface area contributed by atoms with E-state index in [0.717, 1.165) is 19.3 Å². The Balaban J connectivity index is 2.18. The van der Waals surface area contributed by atoms with Crippen molar-refractivity contribution in [2.24, 2.45) is 11.3 Å². The fraction of sp³-hybridized carbons (Fsp3) is 0.800. The van der Waals surface area contributed by atoms with Crippen molar-refractivity contribution in [1.82, 2.24) is 0 Å². The Labute approximate surface area is 104 Å². The maximum absolute atomic E-state index is 12.0. The van der Waals surface area contributed by atoms with E-state index in [0.29, 0.717) is 18.6 Å². The van der Waals surface area contributed by atoms with Gasteiger partial charge in [-0.15, -0.1) is 0 Å². The molecule has 1 N–H and O–H groups in total. The van der Waals surface area contributed by atoms with Crippen LogP contribution in [-0.4, -0.2) is 16.5 Å². The fourth-order valence-corrected chi connectivity index (χ4v) is 3.30. The zero-order valence-corrected chi connectivity index (χ0v) is 11.3. The number of Topliss-reactive ketones (excluding diaryl/α,β-unsaturated/α-hetero) is 1. The first-order valence-electron chi connectivity index (χ1n) is 6.75. The molecule has 2 atom stereocenters. The quantitative estimate of drug-likeness (QED) is 0.710. The molecule has 0 radical (unpaired) electrons. The second-order valence-corrected chi connectivity index (χ2v) is 6.64. The molecule has 96 valence electrons. The predicted octanol–water partition coefficient (Wildman–Crippen LogP) is 3.24. The minimum absolute atomic E-state index is 0.119. The standard InChI is InChI=1S/C15H24O2/c1-14(2,17)11-6-8-15(3)7-4-5-12(15)10-13(16)9-11/h5,11,17H,4,6-10H2,1-3H3. The molecule has 0 aliphatic heterocycles. The average molecular weight is 236 g/mol. The molecule has 2 aliphatic rings. The molecule has 1 fully saturated rings. The van der Waals surface area contributed by atoms with Gasteiger partial charge in [0.1, 0.15) is 5.78 Å². The van der Waals surface area contributed by atoms with E-state index in [1.54, 1.807) is 0 Å². The Morgan fingerprint density at radius 1 is 1.41 bits per heavy atom. The summed E-state index contributed by atoms with van der Waals surface area (Å²) in [6, 6.07) is 0. The van der Waals surface area contributed by atoms with Gasteiger partial charge in [-0.05, 0) is 50.9 Å². The highest BCUT2D eigenvalue weighted by atomic mass is 16.3. The molecular weight excluding hydrogens is 212 g/mol. The molecule has 0 aromatic rings. The highest BCUT2D eigenvalue weighted by molar-refractivity contribution is 5.81. The van der Waals surface area contributed by atoms with Gasteiger partial charge in [-0.2, -0.15) is 0 Å². The monoisotopic (exact) mass is 236 g/mol. The van der Waals surface area contributed by atoms with E-state index in [9.17, 15) is 9.90 Å². The number of aliphatic hydroxyl groups is 1. The summed E-state index contributed by atoms with van der Waals surface area (Å²) in [5, 5.41) is 10.1. The van der Waals surface area contributed by atoms with Gasteiger partial charge in [0.2, 0.25) is 0 Å². The van der Waals surface area contributed by atoms with Crippen LogP contribution in [-0.2, 0) is 4.79 Å². The summed E-state index contributed by atoms with van der Waals surface area (Å²) in [4.78, 5) is 12.0. The number of rotatable bonds is 1. The predicted molar refractivity (Wildman–Crippen MR) is 68.7 cm³/mol. The van der Waals surface area contributed by atoms with E-state index in [1.807, 2.05) is 13.8 Å². The van der Waals surface area contributed by atoms with E-state index < -0.39 is 5.60 Å². The summed E-state index contributed by atoms with van der Waals surface area (Å²) in [6.07, 6.45) is 7.78. The summed E-state index contributed by atoms with van der Waals surface area (Å²) in [7, 11) is 0. The molecule has 0 saturated heterocycles. The van der Waals surface area contributed by atoms with Gasteiger partial charge in [-0.25, -0.2) is 0 Å². The number of carbonyl (C=O) groups is 1. The fourth-order valence-electron chi connectivity index (χ4n) is 3.30. The van der Waals surface area contributed by atoms with E-state index >= 15 is 0 Å². The zero-order chi connectivity index (χ0) is 12.7. The lowest BCUT2D eigenvalue weighted by atomic mass is 9.70. The first-order valence-corrected chi connectivity index (χ1v) is 6.75. The molecule has 0 amide bonds. The molecule has 0 spiro atoms. The summed E-state index contributed by atoms with van der Waals surface area (Å²) in [5.41, 5.74) is 0.850. The van der Waals surface area contributed by atoms with Crippen molar-refractivity contribution in [2.45, 2.75) is 64.9 Å². The van der Waals surface area contributed by atoms with Crippen molar-refractivity contribution in [1.29, 1.82) is 0 Å². The van der Waals surface area contributed by atoms with Crippen molar-refractivity contribution in [3.05, 3.63) is 11.6 Å². The smallest absolute Gasteiger partial charge is 0.137 e. The van der Waals surface area contributed by atoms with E-state index in [2.05, 4.69) is 13.0 Å². The number of fused-ring (bicyclic) bond motifs is 1. The highest BCUT2D eigenvalue weighted by Gasteiger charge is 2.39. The number of ketones is 1. The molecule has 2 rings (SSSR count). The van der Waals surface area contributed by atoms with Gasteiger partial charge in [0.25, 0.3) is 0 Å². The van der Waals surface area contributed by atoms with Crippen molar-refractivity contribution < 1.29 is 9.90 Å². The lowest BCUT2D eigenvalue weighted by Crippen LogP contribution is -2.35. The Bertz CT molecular complexity index is 348. The molecule has 1 saturated carbocycles. The van der Waals surface area contributed by atoms with E-state index in [4.69, 9.17) is 0 Å². The van der Waals surface area contributed by atoms with E-state index in [1.165, 1.54) is 12.0 Å². The van der Waals surface area contributed by atoms with Crippen molar-refractivity contribution >= 4 is 5.78 Å². The normalized spacial score (nSPS) is 34.9. The number of hydrogen-bond donors (Lipinski definition) is 1. The first kappa shape index (κ1) is 12.8. The Kier molecular flexibility index (Phi) is 3.19. The van der Waals surface area contributed by atoms with Gasteiger partial charge in [-0.3, -0.25) is 4.79 Å². The van der Waals surface area contributed by atoms with Crippen molar-refractivity contribution in [2.75, 3.05) is 0 Å². The minimum Gasteiger partial charge on any atom is -0.390 e. The van der Waals surface area contributed by atoms with Crippen LogP contribution in [0.1, 0.15) is 59.3 Å². The Hall–Kier alpha value is -0.630. The lowest BCUT2D eigenvalue weighted by Gasteiger charge is -2.36. The third-order valence-corrected chi connectivity index (χ3v) is 4.77. The van der Waals surface area contributed by atoms with Gasteiger partial charge in [0.15, 0.2) is 0 Å². The van der Waals surface area contributed by atoms with Crippen LogP contribution in [0, 0.1) is 11.3 Å². The summed E-state index contributed by atoms with van der Waals surface area (Å²) in [6.45, 7) is 5.95. The van der Waals surface area contributed by atoms with Crippen LogP contribution in [0.4, 0.5) is 0 Å². The van der Waals surface area contributed by atoms with Crippen LogP contribution in [0.3, 0.4) is 0 Å². The first-order chi connectivity index (χ1) is 7.81. The molecule has 17 heavy (non-hydrogen) atoms. The zero-order valence-electron chi connectivity index (χ0n) is 11.3. The highest BCUT2D eigenvalue weighted by Crippen LogP contribution is 2.47. The Morgan fingerprint density at radius 3 is 2.76 bits per heavy atom. The topological polar surface area (TPSA) is 37.3 Å². The summed E-state index contributed by atoms with van der Waals surface area (Å²) >= 11 is 0. The molecule has 0 bridgehead atoms. The summed E-state index contributed by atoms with van der Waals surface area (Å²) in [5.74, 6) is 0.421. The lowest BCUT2D eigenvalue weighted by molar-refractivity contribution is -0.122. The largest absolute Gasteiger partial charge is 0.390 e. The second kappa shape index (κ2) is 4.24. The third-order valence-electron chi connectivity index (χ3n) is 4.77. The van der Waals surface area contributed by atoms with Gasteiger partial charge >= 0.3 is 0 Å². The van der Waals surface area contributed by atoms with Crippen LogP contribution in [0.15, 0.2) is 11.6 Å². The van der Waals surface area contributed by atoms with Crippen LogP contribution in [0.25, 0.3) is 0 Å². The van der Waals surface area contributed by atoms with E-state index in [-0.39, 0.29) is 11.3 Å². The van der Waals surface area contributed by atoms with Crippen molar-refractivity contribution in [3.63, 3.8) is 0 Å². The van der Waals surface area contributed by atoms with Gasteiger partial charge in [0, 0.05) is 12.8 Å². The molecule has 2 aliphatic carbocycles. The van der Waals surface area contributed by atoms with Crippen LogP contribution < -0.4 is 0 Å². The maximum Gasteiger partial charge on any atom is 0.137 e. The third kappa shape index (κ3) is 2.62.